The van der Waals surface area contributed by atoms with Crippen molar-refractivity contribution in [1.29, 1.82) is 0 Å². The van der Waals surface area contributed by atoms with E-state index >= 15 is 0 Å². The molecule has 0 bridgehead atoms. The highest BCUT2D eigenvalue weighted by molar-refractivity contribution is 5.41. The van der Waals surface area contributed by atoms with E-state index in [0.29, 0.717) is 19.0 Å². The third-order valence-electron chi connectivity index (χ3n) is 3.91. The molecule has 3 unspecified atom stereocenters. The lowest BCUT2D eigenvalue weighted by molar-refractivity contribution is 0.133. The van der Waals surface area contributed by atoms with Gasteiger partial charge < -0.3 is 10.0 Å². The van der Waals surface area contributed by atoms with Crippen molar-refractivity contribution in [3.8, 4) is 0 Å². The molecule has 1 aromatic rings. The summed E-state index contributed by atoms with van der Waals surface area (Å²) in [5, 5.41) is 9.78. The van der Waals surface area contributed by atoms with E-state index in [9.17, 15) is 13.9 Å². The summed E-state index contributed by atoms with van der Waals surface area (Å²) >= 11 is 0. The van der Waals surface area contributed by atoms with Gasteiger partial charge in [0.15, 0.2) is 11.6 Å². The highest BCUT2D eigenvalue weighted by Gasteiger charge is 2.42. The number of aromatic nitrogens is 1. The van der Waals surface area contributed by atoms with Gasteiger partial charge in [0.25, 0.3) is 0 Å². The van der Waals surface area contributed by atoms with Gasteiger partial charge in [-0.3, -0.25) is 0 Å². The molecule has 2 fully saturated rings. The third-order valence-corrected chi connectivity index (χ3v) is 3.91. The molecule has 0 spiro atoms. The van der Waals surface area contributed by atoms with Crippen molar-refractivity contribution >= 4 is 5.82 Å². The number of aliphatic hydroxyl groups is 1. The van der Waals surface area contributed by atoms with Crippen molar-refractivity contribution in [2.45, 2.75) is 18.9 Å². The summed E-state index contributed by atoms with van der Waals surface area (Å²) in [7, 11) is 0. The zero-order valence-corrected chi connectivity index (χ0v) is 9.31. The predicted octanol–water partition coefficient (Wildman–Crippen LogP) is 1.57. The summed E-state index contributed by atoms with van der Waals surface area (Å²) in [5.74, 6) is -0.462. The minimum absolute atomic E-state index is 0.202. The molecule has 0 aromatic carbocycles. The fourth-order valence-electron chi connectivity index (χ4n) is 3.05. The summed E-state index contributed by atoms with van der Waals surface area (Å²) in [4.78, 5) is 5.62. The molecule has 17 heavy (non-hydrogen) atoms. The Morgan fingerprint density at radius 3 is 2.82 bits per heavy atom. The van der Waals surface area contributed by atoms with Crippen molar-refractivity contribution in [2.75, 3.05) is 18.0 Å². The van der Waals surface area contributed by atoms with Crippen molar-refractivity contribution in [2.24, 2.45) is 11.8 Å². The van der Waals surface area contributed by atoms with E-state index in [0.717, 1.165) is 25.1 Å². The first-order valence-electron chi connectivity index (χ1n) is 5.89. The van der Waals surface area contributed by atoms with Gasteiger partial charge in [0.05, 0.1) is 12.3 Å². The Labute approximate surface area is 98.1 Å². The minimum atomic E-state index is -0.661. The van der Waals surface area contributed by atoms with Crippen LogP contribution in [0.2, 0.25) is 0 Å². The van der Waals surface area contributed by atoms with Gasteiger partial charge in [0, 0.05) is 25.1 Å². The monoisotopic (exact) mass is 240 g/mol. The van der Waals surface area contributed by atoms with Crippen LogP contribution in [-0.4, -0.2) is 29.3 Å². The molecular weight excluding hydrogens is 226 g/mol. The fraction of sp³-hybridized carbons (Fsp3) is 0.583. The zero-order valence-electron chi connectivity index (χ0n) is 9.31. The predicted molar refractivity (Wildman–Crippen MR) is 58.6 cm³/mol. The number of fused-ring (bicyclic) bond motifs is 1. The summed E-state index contributed by atoms with van der Waals surface area (Å²) in [5.41, 5.74) is 0. The number of pyridine rings is 1. The molecule has 92 valence electrons. The Balaban J connectivity index is 1.83. The van der Waals surface area contributed by atoms with Crippen LogP contribution >= 0.6 is 0 Å². The number of anilines is 1. The fourth-order valence-corrected chi connectivity index (χ4v) is 3.05. The molecule has 1 N–H and O–H groups in total. The first-order chi connectivity index (χ1) is 8.15. The molecule has 2 aliphatic rings. The van der Waals surface area contributed by atoms with Gasteiger partial charge in [0.2, 0.25) is 0 Å². The molecule has 1 aromatic heterocycles. The molecule has 0 radical (unpaired) electrons. The highest BCUT2D eigenvalue weighted by Crippen LogP contribution is 2.39. The van der Waals surface area contributed by atoms with Crippen LogP contribution in [0, 0.1) is 23.5 Å². The van der Waals surface area contributed by atoms with Crippen molar-refractivity contribution < 1.29 is 13.9 Å². The van der Waals surface area contributed by atoms with Crippen LogP contribution in [0.3, 0.4) is 0 Å². The van der Waals surface area contributed by atoms with E-state index in [1.165, 1.54) is 0 Å². The Kier molecular flexibility index (Phi) is 2.50. The molecule has 1 saturated heterocycles. The number of aliphatic hydroxyl groups excluding tert-OH is 1. The van der Waals surface area contributed by atoms with E-state index in [4.69, 9.17) is 0 Å². The van der Waals surface area contributed by atoms with E-state index in [-0.39, 0.29) is 17.8 Å². The highest BCUT2D eigenvalue weighted by atomic mass is 19.1. The van der Waals surface area contributed by atoms with Gasteiger partial charge in [-0.2, -0.15) is 0 Å². The number of halogens is 2. The lowest BCUT2D eigenvalue weighted by atomic mass is 10.00. The standard InChI is InChI=1S/C12H14F2N2O/c13-8-3-10(14)12(15-4-8)16-5-7-1-2-11(17)9(7)6-16/h3-4,7,9,11,17H,1-2,5-6H2. The van der Waals surface area contributed by atoms with Gasteiger partial charge in [-0.25, -0.2) is 13.8 Å². The van der Waals surface area contributed by atoms with Gasteiger partial charge in [-0.05, 0) is 18.8 Å². The molecule has 1 saturated carbocycles. The summed E-state index contributed by atoms with van der Waals surface area (Å²) in [6.07, 6.45) is 2.56. The average Bonchev–Trinajstić information content (AvgIpc) is 2.81. The molecular formula is C12H14F2N2O. The Bertz CT molecular complexity index is 441. The van der Waals surface area contributed by atoms with Gasteiger partial charge in [-0.15, -0.1) is 0 Å². The van der Waals surface area contributed by atoms with Crippen LogP contribution in [0.15, 0.2) is 12.3 Å². The van der Waals surface area contributed by atoms with E-state index < -0.39 is 11.6 Å². The molecule has 1 aliphatic heterocycles. The third kappa shape index (κ3) is 1.78. The average molecular weight is 240 g/mol. The zero-order chi connectivity index (χ0) is 12.0. The number of hydrogen-bond donors (Lipinski definition) is 1. The van der Waals surface area contributed by atoms with E-state index in [2.05, 4.69) is 4.98 Å². The largest absolute Gasteiger partial charge is 0.393 e. The molecule has 1 aliphatic carbocycles. The summed E-state index contributed by atoms with van der Waals surface area (Å²) in [6, 6.07) is 0.854. The van der Waals surface area contributed by atoms with E-state index in [1.807, 2.05) is 4.90 Å². The lowest BCUT2D eigenvalue weighted by Gasteiger charge is -2.19. The Morgan fingerprint density at radius 2 is 2.12 bits per heavy atom. The Morgan fingerprint density at radius 1 is 1.29 bits per heavy atom. The van der Waals surface area contributed by atoms with Gasteiger partial charge >= 0.3 is 0 Å². The minimum Gasteiger partial charge on any atom is -0.393 e. The lowest BCUT2D eigenvalue weighted by Crippen LogP contribution is -2.26. The van der Waals surface area contributed by atoms with Crippen molar-refractivity contribution in [1.82, 2.24) is 4.98 Å². The maximum Gasteiger partial charge on any atom is 0.168 e. The first kappa shape index (κ1) is 10.9. The summed E-state index contributed by atoms with van der Waals surface area (Å²) in [6.45, 7) is 1.32. The second-order valence-corrected chi connectivity index (χ2v) is 4.93. The van der Waals surface area contributed by atoms with Crippen LogP contribution < -0.4 is 4.90 Å². The molecule has 3 rings (SSSR count). The maximum atomic E-state index is 13.6. The van der Waals surface area contributed by atoms with E-state index in [1.54, 1.807) is 0 Å². The molecule has 5 heteroatoms. The van der Waals surface area contributed by atoms with Crippen LogP contribution in [0.25, 0.3) is 0 Å². The molecule has 3 nitrogen and oxygen atoms in total. The Hall–Kier alpha value is -1.23. The molecule has 3 atom stereocenters. The van der Waals surface area contributed by atoms with Crippen molar-refractivity contribution in [3.05, 3.63) is 23.9 Å². The number of hydrogen-bond acceptors (Lipinski definition) is 3. The summed E-state index contributed by atoms with van der Waals surface area (Å²) < 4.78 is 26.3. The van der Waals surface area contributed by atoms with Crippen LogP contribution in [0.5, 0.6) is 0 Å². The first-order valence-corrected chi connectivity index (χ1v) is 5.89. The van der Waals surface area contributed by atoms with Crippen LogP contribution in [-0.2, 0) is 0 Å². The topological polar surface area (TPSA) is 36.4 Å². The smallest absolute Gasteiger partial charge is 0.168 e. The normalized spacial score (nSPS) is 31.9. The molecule has 0 amide bonds. The second-order valence-electron chi connectivity index (χ2n) is 4.93. The second kappa shape index (κ2) is 3.91. The van der Waals surface area contributed by atoms with Gasteiger partial charge in [-0.1, -0.05) is 0 Å². The SMILES string of the molecule is OC1CCC2CN(c3ncc(F)cc3F)CC12. The van der Waals surface area contributed by atoms with Crippen molar-refractivity contribution in [3.63, 3.8) is 0 Å². The number of nitrogens with zero attached hydrogens (tertiary/aromatic N) is 2. The van der Waals surface area contributed by atoms with Crippen LogP contribution in [0.1, 0.15) is 12.8 Å². The number of rotatable bonds is 1. The van der Waals surface area contributed by atoms with Gasteiger partial charge in [0.1, 0.15) is 5.82 Å². The quantitative estimate of drug-likeness (QED) is 0.809. The molecule has 2 heterocycles. The van der Waals surface area contributed by atoms with Crippen LogP contribution in [0.4, 0.5) is 14.6 Å². The maximum absolute atomic E-state index is 13.6.